The Morgan fingerprint density at radius 1 is 1.29 bits per heavy atom. The molecule has 1 fully saturated rings. The summed E-state index contributed by atoms with van der Waals surface area (Å²) in [4.78, 5) is 19.6. The number of hydrogen-bond donors (Lipinski definition) is 1. The van der Waals surface area contributed by atoms with Crippen LogP contribution in [-0.2, 0) is 6.42 Å². The summed E-state index contributed by atoms with van der Waals surface area (Å²) in [5.74, 6) is -0.0892. The lowest BCUT2D eigenvalue weighted by atomic mass is 10.00. The molecule has 1 saturated heterocycles. The standard InChI is InChI=1S/C22H24FN3O2/c1-4-14-11-17(15-5-7-16(23)8-6-15)25-18-12-19(28-20(14)18)21(27)26-10-9-24-13-22(26,2)3/h5-8,11-12,24H,4,9-10,13H2,1-3H3. The van der Waals surface area contributed by atoms with Gasteiger partial charge in [0.2, 0.25) is 0 Å². The van der Waals surface area contributed by atoms with Gasteiger partial charge in [0, 0.05) is 31.3 Å². The third-order valence-electron chi connectivity index (χ3n) is 5.33. The summed E-state index contributed by atoms with van der Waals surface area (Å²) in [6, 6.07) is 9.92. The first-order valence-corrected chi connectivity index (χ1v) is 9.61. The van der Waals surface area contributed by atoms with E-state index >= 15 is 0 Å². The number of aromatic nitrogens is 1. The van der Waals surface area contributed by atoms with E-state index in [0.29, 0.717) is 23.4 Å². The van der Waals surface area contributed by atoms with Crippen molar-refractivity contribution in [1.29, 1.82) is 0 Å². The Kier molecular flexibility index (Phi) is 4.67. The number of rotatable bonds is 3. The molecule has 2 aromatic heterocycles. The summed E-state index contributed by atoms with van der Waals surface area (Å²) in [6.07, 6.45) is 0.744. The molecule has 5 nitrogen and oxygen atoms in total. The van der Waals surface area contributed by atoms with Gasteiger partial charge in [0.05, 0.1) is 11.2 Å². The Morgan fingerprint density at radius 3 is 2.71 bits per heavy atom. The van der Waals surface area contributed by atoms with Crippen LogP contribution in [0.4, 0.5) is 4.39 Å². The smallest absolute Gasteiger partial charge is 0.290 e. The van der Waals surface area contributed by atoms with E-state index in [-0.39, 0.29) is 17.3 Å². The van der Waals surface area contributed by atoms with Crippen molar-refractivity contribution in [2.45, 2.75) is 32.7 Å². The van der Waals surface area contributed by atoms with Crippen LogP contribution in [0.3, 0.4) is 0 Å². The number of carbonyl (C=O) groups excluding carboxylic acids is 1. The van der Waals surface area contributed by atoms with Gasteiger partial charge >= 0.3 is 0 Å². The average molecular weight is 381 g/mol. The van der Waals surface area contributed by atoms with Gasteiger partial charge in [-0.15, -0.1) is 0 Å². The van der Waals surface area contributed by atoms with Gasteiger partial charge in [0.15, 0.2) is 11.3 Å². The molecule has 1 aromatic carbocycles. The van der Waals surface area contributed by atoms with E-state index in [1.165, 1.54) is 12.1 Å². The molecule has 1 aliphatic heterocycles. The molecule has 3 heterocycles. The van der Waals surface area contributed by atoms with Crippen LogP contribution in [0.25, 0.3) is 22.4 Å². The van der Waals surface area contributed by atoms with E-state index < -0.39 is 0 Å². The highest BCUT2D eigenvalue weighted by atomic mass is 19.1. The summed E-state index contributed by atoms with van der Waals surface area (Å²) < 4.78 is 19.2. The maximum atomic E-state index is 13.3. The second-order valence-electron chi connectivity index (χ2n) is 7.80. The number of piperazine rings is 1. The predicted molar refractivity (Wildman–Crippen MR) is 107 cm³/mol. The van der Waals surface area contributed by atoms with Crippen molar-refractivity contribution in [2.75, 3.05) is 19.6 Å². The number of pyridine rings is 1. The lowest BCUT2D eigenvalue weighted by Gasteiger charge is -2.42. The fraction of sp³-hybridized carbons (Fsp3) is 0.364. The van der Waals surface area contributed by atoms with Crippen LogP contribution in [0, 0.1) is 5.82 Å². The number of fused-ring (bicyclic) bond motifs is 1. The van der Waals surface area contributed by atoms with Gasteiger partial charge in [0.25, 0.3) is 5.91 Å². The molecule has 0 radical (unpaired) electrons. The largest absolute Gasteiger partial charge is 0.449 e. The van der Waals surface area contributed by atoms with Gasteiger partial charge < -0.3 is 14.6 Å². The van der Waals surface area contributed by atoms with Crippen LogP contribution in [0.5, 0.6) is 0 Å². The third-order valence-corrected chi connectivity index (χ3v) is 5.33. The summed E-state index contributed by atoms with van der Waals surface area (Å²) in [5.41, 5.74) is 3.55. The Bertz CT molecular complexity index is 1020. The molecule has 0 saturated carbocycles. The molecule has 3 aromatic rings. The first-order chi connectivity index (χ1) is 13.4. The topological polar surface area (TPSA) is 58.4 Å². The van der Waals surface area contributed by atoms with Gasteiger partial charge in [-0.1, -0.05) is 6.92 Å². The normalized spacial score (nSPS) is 16.5. The van der Waals surface area contributed by atoms with Crippen molar-refractivity contribution in [2.24, 2.45) is 0 Å². The minimum absolute atomic E-state index is 0.116. The second-order valence-corrected chi connectivity index (χ2v) is 7.80. The van der Waals surface area contributed by atoms with Crippen molar-refractivity contribution < 1.29 is 13.6 Å². The molecule has 1 aliphatic rings. The number of carbonyl (C=O) groups is 1. The van der Waals surface area contributed by atoms with Crippen LogP contribution in [0.2, 0.25) is 0 Å². The lowest BCUT2D eigenvalue weighted by Crippen LogP contribution is -2.59. The van der Waals surface area contributed by atoms with Crippen LogP contribution < -0.4 is 5.32 Å². The first-order valence-electron chi connectivity index (χ1n) is 9.61. The predicted octanol–water partition coefficient (Wildman–Crippen LogP) is 4.02. The van der Waals surface area contributed by atoms with Crippen molar-refractivity contribution in [3.8, 4) is 11.3 Å². The number of nitrogens with zero attached hydrogens (tertiary/aromatic N) is 2. The number of nitrogens with one attached hydrogen (secondary N) is 1. The summed E-state index contributed by atoms with van der Waals surface area (Å²) >= 11 is 0. The van der Waals surface area contributed by atoms with E-state index in [1.807, 2.05) is 31.7 Å². The minimum atomic E-state index is -0.283. The summed E-state index contributed by atoms with van der Waals surface area (Å²) in [6.45, 7) is 8.27. The Hall–Kier alpha value is -2.73. The molecule has 4 rings (SSSR count). The Balaban J connectivity index is 1.76. The van der Waals surface area contributed by atoms with Crippen LogP contribution >= 0.6 is 0 Å². The molecule has 0 aliphatic carbocycles. The van der Waals surface area contributed by atoms with Crippen molar-refractivity contribution in [3.05, 3.63) is 53.5 Å². The van der Waals surface area contributed by atoms with E-state index in [9.17, 15) is 9.18 Å². The highest BCUT2D eigenvalue weighted by Gasteiger charge is 2.35. The molecule has 28 heavy (non-hydrogen) atoms. The van der Waals surface area contributed by atoms with Crippen molar-refractivity contribution in [1.82, 2.24) is 15.2 Å². The Morgan fingerprint density at radius 2 is 2.04 bits per heavy atom. The van der Waals surface area contributed by atoms with Gasteiger partial charge in [-0.2, -0.15) is 0 Å². The zero-order valence-electron chi connectivity index (χ0n) is 16.4. The molecule has 6 heteroatoms. The molecule has 0 unspecified atom stereocenters. The summed E-state index contributed by atoms with van der Waals surface area (Å²) in [5, 5.41) is 3.32. The molecule has 1 N–H and O–H groups in total. The zero-order chi connectivity index (χ0) is 19.9. The molecule has 146 valence electrons. The maximum Gasteiger partial charge on any atom is 0.290 e. The van der Waals surface area contributed by atoms with E-state index in [2.05, 4.69) is 10.3 Å². The van der Waals surface area contributed by atoms with Crippen LogP contribution in [-0.4, -0.2) is 41.0 Å². The van der Waals surface area contributed by atoms with E-state index in [0.717, 1.165) is 36.3 Å². The van der Waals surface area contributed by atoms with Crippen LogP contribution in [0.15, 0.2) is 40.8 Å². The third kappa shape index (κ3) is 3.29. The Labute approximate surface area is 163 Å². The number of furan rings is 1. The fourth-order valence-corrected chi connectivity index (χ4v) is 3.72. The highest BCUT2D eigenvalue weighted by molar-refractivity contribution is 5.96. The van der Waals surface area contributed by atoms with E-state index in [4.69, 9.17) is 4.42 Å². The van der Waals surface area contributed by atoms with E-state index in [1.54, 1.807) is 18.2 Å². The average Bonchev–Trinajstić information content (AvgIpc) is 3.11. The van der Waals surface area contributed by atoms with Crippen molar-refractivity contribution in [3.63, 3.8) is 0 Å². The number of halogens is 1. The molecular weight excluding hydrogens is 357 g/mol. The number of benzene rings is 1. The van der Waals surface area contributed by atoms with Crippen LogP contribution in [0.1, 0.15) is 36.9 Å². The number of hydrogen-bond acceptors (Lipinski definition) is 4. The monoisotopic (exact) mass is 381 g/mol. The fourth-order valence-electron chi connectivity index (χ4n) is 3.72. The quantitative estimate of drug-likeness (QED) is 0.744. The number of amides is 1. The molecule has 0 spiro atoms. The van der Waals surface area contributed by atoms with Gasteiger partial charge in [-0.05, 0) is 56.2 Å². The number of aryl methyl sites for hydroxylation is 1. The summed E-state index contributed by atoms with van der Waals surface area (Å²) in [7, 11) is 0. The molecule has 0 bridgehead atoms. The van der Waals surface area contributed by atoms with Gasteiger partial charge in [0.1, 0.15) is 11.3 Å². The van der Waals surface area contributed by atoms with Gasteiger partial charge in [-0.3, -0.25) is 4.79 Å². The molecule has 0 atom stereocenters. The van der Waals surface area contributed by atoms with Crippen molar-refractivity contribution >= 4 is 17.0 Å². The SMILES string of the molecule is CCc1cc(-c2ccc(F)cc2)nc2cc(C(=O)N3CCNCC3(C)C)oc12. The van der Waals surface area contributed by atoms with Gasteiger partial charge in [-0.25, -0.2) is 9.37 Å². The molecule has 1 amide bonds. The lowest BCUT2D eigenvalue weighted by molar-refractivity contribution is 0.0448. The molecular formula is C22H24FN3O2. The highest BCUT2D eigenvalue weighted by Crippen LogP contribution is 2.29. The second kappa shape index (κ2) is 7.02. The maximum absolute atomic E-state index is 13.3. The zero-order valence-corrected chi connectivity index (χ0v) is 16.4. The first kappa shape index (κ1) is 18.6. The minimum Gasteiger partial charge on any atom is -0.449 e.